The molecule has 0 spiro atoms. The van der Waals surface area contributed by atoms with E-state index in [-0.39, 0.29) is 11.5 Å². The highest BCUT2D eigenvalue weighted by Crippen LogP contribution is 2.15. The smallest absolute Gasteiger partial charge is 0.349 e. The fourth-order valence-electron chi connectivity index (χ4n) is 2.21. The van der Waals surface area contributed by atoms with Gasteiger partial charge in [0.05, 0.1) is 17.2 Å². The van der Waals surface area contributed by atoms with Crippen molar-refractivity contribution in [3.05, 3.63) is 62.4 Å². The van der Waals surface area contributed by atoms with Crippen LogP contribution in [0.4, 0.5) is 0 Å². The van der Waals surface area contributed by atoms with Crippen LogP contribution in [0.2, 0.25) is 0 Å². The zero-order valence-electron chi connectivity index (χ0n) is 12.2. The predicted octanol–water partition coefficient (Wildman–Crippen LogP) is 2.83. The fraction of sp³-hybridized carbons (Fsp3) is 0.188. The maximum Gasteiger partial charge on any atom is 0.349 e. The normalized spacial score (nSPS) is 10.8. The number of hydrogen-bond acceptors (Lipinski definition) is 5. The van der Waals surface area contributed by atoms with E-state index in [0.717, 1.165) is 16.1 Å². The van der Waals surface area contributed by atoms with Crippen molar-refractivity contribution in [3.8, 4) is 0 Å². The van der Waals surface area contributed by atoms with E-state index in [1.165, 1.54) is 16.2 Å². The van der Waals surface area contributed by atoms with E-state index in [2.05, 4.69) is 4.98 Å². The molecule has 22 heavy (non-hydrogen) atoms. The zero-order valence-corrected chi connectivity index (χ0v) is 13.0. The lowest BCUT2D eigenvalue weighted by Crippen LogP contribution is -2.30. The molecular formula is C16H14N2O3S. The van der Waals surface area contributed by atoms with Crippen LogP contribution >= 0.6 is 11.3 Å². The summed E-state index contributed by atoms with van der Waals surface area (Å²) in [6.07, 6.45) is 0. The molecule has 1 amide bonds. The molecule has 112 valence electrons. The van der Waals surface area contributed by atoms with Gasteiger partial charge in [0.15, 0.2) is 0 Å². The Morgan fingerprint density at radius 2 is 2.14 bits per heavy atom. The molecule has 3 aromatic rings. The Kier molecular flexibility index (Phi) is 3.77. The van der Waals surface area contributed by atoms with Crippen LogP contribution in [0, 0.1) is 6.92 Å². The van der Waals surface area contributed by atoms with Gasteiger partial charge in [-0.1, -0.05) is 18.2 Å². The number of carbonyl (C=O) groups excluding carboxylic acids is 1. The van der Waals surface area contributed by atoms with Crippen LogP contribution in [0.1, 0.15) is 21.1 Å². The lowest BCUT2D eigenvalue weighted by Gasteiger charge is -2.15. The van der Waals surface area contributed by atoms with Gasteiger partial charge in [-0.05, 0) is 19.1 Å². The van der Waals surface area contributed by atoms with Crippen LogP contribution in [-0.4, -0.2) is 22.8 Å². The van der Waals surface area contributed by atoms with Gasteiger partial charge in [0.1, 0.15) is 11.1 Å². The average Bonchev–Trinajstić information content (AvgIpc) is 2.91. The van der Waals surface area contributed by atoms with Gasteiger partial charge in [-0.3, -0.25) is 4.79 Å². The molecule has 6 heteroatoms. The van der Waals surface area contributed by atoms with Crippen molar-refractivity contribution in [2.24, 2.45) is 0 Å². The molecule has 3 rings (SSSR count). The average molecular weight is 314 g/mol. The minimum atomic E-state index is -0.620. The highest BCUT2D eigenvalue weighted by molar-refractivity contribution is 7.09. The Balaban J connectivity index is 1.91. The number of carbonyl (C=O) groups is 1. The summed E-state index contributed by atoms with van der Waals surface area (Å²) in [6.45, 7) is 2.27. The number of fused-ring (bicyclic) bond motifs is 1. The summed E-state index contributed by atoms with van der Waals surface area (Å²) in [4.78, 5) is 30.3. The van der Waals surface area contributed by atoms with Crippen molar-refractivity contribution in [2.45, 2.75) is 13.5 Å². The lowest BCUT2D eigenvalue weighted by molar-refractivity contribution is 0.0779. The fourth-order valence-corrected chi connectivity index (χ4v) is 2.82. The monoisotopic (exact) mass is 314 g/mol. The van der Waals surface area contributed by atoms with Crippen molar-refractivity contribution in [2.75, 3.05) is 7.05 Å². The molecule has 0 atom stereocenters. The standard InChI is InChI=1S/C16H14N2O3S/c1-10-17-12(9-22-10)8-18(2)15(19)13-7-11-5-3-4-6-14(11)21-16(13)20/h3-7,9H,8H2,1-2H3. The number of nitrogens with zero attached hydrogens (tertiary/aromatic N) is 2. The van der Waals surface area contributed by atoms with Gasteiger partial charge in [-0.15, -0.1) is 11.3 Å². The van der Waals surface area contributed by atoms with Gasteiger partial charge >= 0.3 is 5.63 Å². The van der Waals surface area contributed by atoms with E-state index in [1.54, 1.807) is 31.3 Å². The van der Waals surface area contributed by atoms with Gasteiger partial charge in [-0.2, -0.15) is 0 Å². The summed E-state index contributed by atoms with van der Waals surface area (Å²) < 4.78 is 5.20. The number of hydrogen-bond donors (Lipinski definition) is 0. The Labute approximate surface area is 130 Å². The van der Waals surface area contributed by atoms with E-state index >= 15 is 0 Å². The summed E-state index contributed by atoms with van der Waals surface area (Å²) >= 11 is 1.53. The quantitative estimate of drug-likeness (QED) is 0.697. The lowest BCUT2D eigenvalue weighted by atomic mass is 10.1. The molecule has 1 aromatic carbocycles. The van der Waals surface area contributed by atoms with Crippen molar-refractivity contribution in [1.82, 2.24) is 9.88 Å². The summed E-state index contributed by atoms with van der Waals surface area (Å²) in [5.74, 6) is -0.370. The SMILES string of the molecule is Cc1nc(CN(C)C(=O)c2cc3ccccc3oc2=O)cs1. The van der Waals surface area contributed by atoms with Gasteiger partial charge < -0.3 is 9.32 Å². The Morgan fingerprint density at radius 1 is 1.36 bits per heavy atom. The van der Waals surface area contributed by atoms with Crippen LogP contribution in [0.3, 0.4) is 0 Å². The third-order valence-corrected chi connectivity index (χ3v) is 4.11. The molecule has 0 unspecified atom stereocenters. The molecule has 5 nitrogen and oxygen atoms in total. The maximum absolute atomic E-state index is 12.5. The van der Waals surface area contributed by atoms with Gasteiger partial charge in [-0.25, -0.2) is 9.78 Å². The Bertz CT molecular complexity index is 898. The topological polar surface area (TPSA) is 63.4 Å². The summed E-state index contributed by atoms with van der Waals surface area (Å²) in [7, 11) is 1.64. The second-order valence-electron chi connectivity index (χ2n) is 5.00. The number of rotatable bonds is 3. The number of aromatic nitrogens is 1. The summed E-state index contributed by atoms with van der Waals surface area (Å²) in [5, 5.41) is 3.58. The molecule has 0 saturated heterocycles. The molecule has 0 fully saturated rings. The first-order valence-corrected chi connectivity index (χ1v) is 7.62. The van der Waals surface area contributed by atoms with E-state index < -0.39 is 5.63 Å². The van der Waals surface area contributed by atoms with Gasteiger partial charge in [0, 0.05) is 17.8 Å². The highest BCUT2D eigenvalue weighted by Gasteiger charge is 2.18. The first-order chi connectivity index (χ1) is 10.5. The first kappa shape index (κ1) is 14.5. The third kappa shape index (κ3) is 2.78. The first-order valence-electron chi connectivity index (χ1n) is 6.74. The second-order valence-corrected chi connectivity index (χ2v) is 6.07. The molecule has 2 aromatic heterocycles. The molecule has 0 N–H and O–H groups in total. The van der Waals surface area contributed by atoms with Crippen LogP contribution in [0.15, 0.2) is 44.9 Å². The van der Waals surface area contributed by atoms with E-state index in [0.29, 0.717) is 12.1 Å². The zero-order chi connectivity index (χ0) is 15.7. The van der Waals surface area contributed by atoms with Crippen molar-refractivity contribution in [3.63, 3.8) is 0 Å². The Hall–Kier alpha value is -2.47. The molecule has 0 saturated carbocycles. The number of benzene rings is 1. The van der Waals surface area contributed by atoms with Gasteiger partial charge in [0.2, 0.25) is 0 Å². The highest BCUT2D eigenvalue weighted by atomic mass is 32.1. The third-order valence-electron chi connectivity index (χ3n) is 3.28. The molecule has 0 bridgehead atoms. The molecular weight excluding hydrogens is 300 g/mol. The minimum Gasteiger partial charge on any atom is -0.422 e. The second kappa shape index (κ2) is 5.73. The number of amides is 1. The minimum absolute atomic E-state index is 0.0353. The van der Waals surface area contributed by atoms with E-state index in [1.807, 2.05) is 18.4 Å². The van der Waals surface area contributed by atoms with Crippen molar-refractivity contribution >= 4 is 28.2 Å². The maximum atomic E-state index is 12.5. The summed E-state index contributed by atoms with van der Waals surface area (Å²) in [5.41, 5.74) is 0.698. The molecule has 2 heterocycles. The number of aryl methyl sites for hydroxylation is 1. The van der Waals surface area contributed by atoms with E-state index in [9.17, 15) is 9.59 Å². The van der Waals surface area contributed by atoms with Crippen LogP contribution < -0.4 is 5.63 Å². The predicted molar refractivity (Wildman–Crippen MR) is 85.1 cm³/mol. The molecule has 0 aliphatic heterocycles. The largest absolute Gasteiger partial charge is 0.422 e. The van der Waals surface area contributed by atoms with Crippen molar-refractivity contribution < 1.29 is 9.21 Å². The number of para-hydroxylation sites is 1. The molecule has 0 radical (unpaired) electrons. The van der Waals surface area contributed by atoms with Crippen molar-refractivity contribution in [1.29, 1.82) is 0 Å². The number of thiazole rings is 1. The molecule has 0 aliphatic rings. The van der Waals surface area contributed by atoms with E-state index in [4.69, 9.17) is 4.42 Å². The van der Waals surface area contributed by atoms with Crippen LogP contribution in [0.25, 0.3) is 11.0 Å². The van der Waals surface area contributed by atoms with Crippen LogP contribution in [0.5, 0.6) is 0 Å². The van der Waals surface area contributed by atoms with Gasteiger partial charge in [0.25, 0.3) is 5.91 Å². The van der Waals surface area contributed by atoms with Crippen LogP contribution in [-0.2, 0) is 6.54 Å². The molecule has 0 aliphatic carbocycles. The summed E-state index contributed by atoms with van der Waals surface area (Å²) in [6, 6.07) is 8.69. The Morgan fingerprint density at radius 3 is 2.86 bits per heavy atom.